The quantitative estimate of drug-likeness (QED) is 0.456. The SMILES string of the molecule is CCOc1cncc(-c2cnc(C(=O)N[C@@H](c3cc(S(=O)(=O)C4CC4)ccn3)[C@H]3CCOC3)s2)n1. The molecule has 2 fully saturated rings. The number of nitrogens with zero attached hydrogens (tertiary/aromatic N) is 4. The zero-order chi connectivity index (χ0) is 24.4. The predicted octanol–water partition coefficient (Wildman–Crippen LogP) is 2.84. The van der Waals surface area contributed by atoms with E-state index in [0.717, 1.165) is 6.42 Å². The van der Waals surface area contributed by atoms with Gasteiger partial charge in [-0.2, -0.15) is 0 Å². The van der Waals surface area contributed by atoms with E-state index in [9.17, 15) is 13.2 Å². The fourth-order valence-corrected chi connectivity index (χ4v) is 6.43. The molecular formula is C23H25N5O5S2. The first-order valence-corrected chi connectivity index (χ1v) is 13.8. The molecule has 2 atom stereocenters. The van der Waals surface area contributed by atoms with Crippen molar-refractivity contribution in [3.05, 3.63) is 47.6 Å². The fourth-order valence-electron chi connectivity index (χ4n) is 3.98. The van der Waals surface area contributed by atoms with Crippen molar-refractivity contribution >= 4 is 27.1 Å². The van der Waals surface area contributed by atoms with Crippen molar-refractivity contribution in [2.24, 2.45) is 5.92 Å². The van der Waals surface area contributed by atoms with Gasteiger partial charge in [0.15, 0.2) is 14.8 Å². The lowest BCUT2D eigenvalue weighted by molar-refractivity contribution is 0.0914. The van der Waals surface area contributed by atoms with E-state index in [-0.39, 0.29) is 27.0 Å². The third kappa shape index (κ3) is 5.19. The lowest BCUT2D eigenvalue weighted by Crippen LogP contribution is -2.34. The molecule has 0 aromatic carbocycles. The normalized spacial score (nSPS) is 18.8. The highest BCUT2D eigenvalue weighted by atomic mass is 32.2. The summed E-state index contributed by atoms with van der Waals surface area (Å²) in [7, 11) is -3.38. The minimum absolute atomic E-state index is 0.0292. The number of sulfone groups is 1. The molecule has 2 aliphatic rings. The first-order valence-electron chi connectivity index (χ1n) is 11.4. The summed E-state index contributed by atoms with van der Waals surface area (Å²) in [5.74, 6) is 0.000586. The molecule has 1 saturated heterocycles. The van der Waals surface area contributed by atoms with Crippen molar-refractivity contribution in [1.82, 2.24) is 25.3 Å². The standard InChI is InChI=1S/C23H25N5O5S2/c1-2-33-20-12-24-10-18(27-20)19-11-26-23(34-19)22(29)28-21(14-6-8-32-13-14)17-9-16(5-7-25-17)35(30,31)15-3-4-15/h5,7,9-12,14-15,21H,2-4,6,8,13H2,1H3,(H,28,29)/t14-,21+/m0/s1. The second kappa shape index (κ2) is 9.96. The van der Waals surface area contributed by atoms with E-state index in [1.807, 2.05) is 6.92 Å². The number of nitrogens with one attached hydrogen (secondary N) is 1. The van der Waals surface area contributed by atoms with E-state index in [1.54, 1.807) is 18.5 Å². The average Bonchev–Trinajstić information content (AvgIpc) is 3.38. The van der Waals surface area contributed by atoms with E-state index < -0.39 is 15.9 Å². The molecule has 184 valence electrons. The summed E-state index contributed by atoms with van der Waals surface area (Å²) in [6, 6.07) is 2.60. The Morgan fingerprint density at radius 3 is 2.86 bits per heavy atom. The van der Waals surface area contributed by atoms with Gasteiger partial charge in [-0.15, -0.1) is 11.3 Å². The Kier molecular flexibility index (Phi) is 6.76. The molecule has 0 spiro atoms. The molecule has 35 heavy (non-hydrogen) atoms. The highest BCUT2D eigenvalue weighted by Crippen LogP contribution is 2.35. The molecule has 1 saturated carbocycles. The van der Waals surface area contributed by atoms with Gasteiger partial charge in [0.1, 0.15) is 5.69 Å². The first kappa shape index (κ1) is 23.8. The van der Waals surface area contributed by atoms with E-state index >= 15 is 0 Å². The molecular weight excluding hydrogens is 490 g/mol. The van der Waals surface area contributed by atoms with Crippen molar-refractivity contribution in [1.29, 1.82) is 0 Å². The van der Waals surface area contributed by atoms with Crippen molar-refractivity contribution in [2.45, 2.75) is 42.4 Å². The number of pyridine rings is 1. The van der Waals surface area contributed by atoms with E-state index in [1.165, 1.54) is 29.8 Å². The van der Waals surface area contributed by atoms with Crippen molar-refractivity contribution in [3.63, 3.8) is 0 Å². The van der Waals surface area contributed by atoms with Gasteiger partial charge in [-0.05, 0) is 38.3 Å². The molecule has 10 nitrogen and oxygen atoms in total. The summed E-state index contributed by atoms with van der Waals surface area (Å²) in [4.78, 5) is 31.4. The van der Waals surface area contributed by atoms with Crippen LogP contribution in [-0.2, 0) is 14.6 Å². The zero-order valence-corrected chi connectivity index (χ0v) is 20.7. The molecule has 5 rings (SSSR count). The number of carbonyl (C=O) groups excluding carboxylic acids is 1. The highest BCUT2D eigenvalue weighted by Gasteiger charge is 2.38. The Morgan fingerprint density at radius 2 is 2.11 bits per heavy atom. The smallest absolute Gasteiger partial charge is 0.280 e. The summed E-state index contributed by atoms with van der Waals surface area (Å²) in [6.45, 7) is 3.36. The van der Waals surface area contributed by atoms with Crippen LogP contribution in [0.25, 0.3) is 10.6 Å². The summed E-state index contributed by atoms with van der Waals surface area (Å²) in [6.07, 6.45) is 8.28. The third-order valence-electron chi connectivity index (χ3n) is 5.94. The van der Waals surface area contributed by atoms with Crippen LogP contribution in [0.15, 0.2) is 41.8 Å². The van der Waals surface area contributed by atoms with Crippen molar-refractivity contribution in [2.75, 3.05) is 19.8 Å². The monoisotopic (exact) mass is 515 g/mol. The topological polar surface area (TPSA) is 133 Å². The Hall–Kier alpha value is -2.96. The van der Waals surface area contributed by atoms with Crippen LogP contribution >= 0.6 is 11.3 Å². The summed E-state index contributed by atoms with van der Waals surface area (Å²) < 4.78 is 36.5. The molecule has 0 radical (unpaired) electrons. The van der Waals surface area contributed by atoms with Gasteiger partial charge in [0.2, 0.25) is 5.88 Å². The summed E-state index contributed by atoms with van der Waals surface area (Å²) in [5, 5.41) is 2.96. The van der Waals surface area contributed by atoms with E-state index in [2.05, 4.69) is 25.3 Å². The molecule has 1 aliphatic carbocycles. The Labute approximate surface area is 207 Å². The molecule has 0 unspecified atom stereocenters. The van der Waals surface area contributed by atoms with Gasteiger partial charge >= 0.3 is 0 Å². The molecule has 0 bridgehead atoms. The lowest BCUT2D eigenvalue weighted by Gasteiger charge is -2.23. The van der Waals surface area contributed by atoms with Crippen LogP contribution in [0.2, 0.25) is 0 Å². The fraction of sp³-hybridized carbons (Fsp3) is 0.435. The van der Waals surface area contributed by atoms with E-state index in [4.69, 9.17) is 9.47 Å². The minimum Gasteiger partial charge on any atom is -0.477 e. The van der Waals surface area contributed by atoms with Gasteiger partial charge in [-0.25, -0.2) is 18.4 Å². The molecule has 1 aliphatic heterocycles. The Bertz CT molecular complexity index is 1320. The maximum absolute atomic E-state index is 13.2. The number of ether oxygens (including phenoxy) is 2. The molecule has 1 amide bonds. The molecule has 1 N–H and O–H groups in total. The maximum Gasteiger partial charge on any atom is 0.280 e. The predicted molar refractivity (Wildman–Crippen MR) is 128 cm³/mol. The van der Waals surface area contributed by atoms with Crippen LogP contribution in [0.4, 0.5) is 0 Å². The van der Waals surface area contributed by atoms with Crippen LogP contribution in [0, 0.1) is 5.92 Å². The summed E-state index contributed by atoms with van der Waals surface area (Å²) >= 11 is 1.19. The molecule has 3 aromatic heterocycles. The Balaban J connectivity index is 1.39. The second-order valence-electron chi connectivity index (χ2n) is 8.44. The third-order valence-corrected chi connectivity index (χ3v) is 9.22. The Morgan fingerprint density at radius 1 is 1.26 bits per heavy atom. The molecule has 3 aromatic rings. The molecule has 4 heterocycles. The minimum atomic E-state index is -3.38. The van der Waals surface area contributed by atoms with Gasteiger partial charge in [0, 0.05) is 24.9 Å². The van der Waals surface area contributed by atoms with Crippen LogP contribution in [-0.4, -0.2) is 59.3 Å². The van der Waals surface area contributed by atoms with Gasteiger partial charge in [-0.3, -0.25) is 14.8 Å². The van der Waals surface area contributed by atoms with Gasteiger partial charge < -0.3 is 14.8 Å². The van der Waals surface area contributed by atoms with Crippen LogP contribution in [0.3, 0.4) is 0 Å². The number of carbonyl (C=O) groups is 1. The van der Waals surface area contributed by atoms with Gasteiger partial charge in [0.25, 0.3) is 5.91 Å². The van der Waals surface area contributed by atoms with Crippen LogP contribution < -0.4 is 10.1 Å². The number of rotatable bonds is 9. The lowest BCUT2D eigenvalue weighted by atomic mass is 9.95. The number of aromatic nitrogens is 4. The van der Waals surface area contributed by atoms with Crippen molar-refractivity contribution in [3.8, 4) is 16.5 Å². The number of hydrogen-bond donors (Lipinski definition) is 1. The van der Waals surface area contributed by atoms with E-state index in [0.29, 0.717) is 54.8 Å². The van der Waals surface area contributed by atoms with Crippen LogP contribution in [0.5, 0.6) is 5.88 Å². The largest absolute Gasteiger partial charge is 0.477 e. The number of thiazole rings is 1. The number of amides is 1. The summed E-state index contributed by atoms with van der Waals surface area (Å²) in [5.41, 5.74) is 1.07. The first-order chi connectivity index (χ1) is 17.0. The maximum atomic E-state index is 13.2. The van der Waals surface area contributed by atoms with Crippen molar-refractivity contribution < 1.29 is 22.7 Å². The number of hydrogen-bond acceptors (Lipinski definition) is 10. The van der Waals surface area contributed by atoms with Gasteiger partial charge in [-0.1, -0.05) is 0 Å². The molecule has 12 heteroatoms. The average molecular weight is 516 g/mol. The second-order valence-corrected chi connectivity index (χ2v) is 11.7. The highest BCUT2D eigenvalue weighted by molar-refractivity contribution is 7.92. The van der Waals surface area contributed by atoms with Gasteiger partial charge in [0.05, 0.1) is 52.4 Å². The zero-order valence-electron chi connectivity index (χ0n) is 19.1. The van der Waals surface area contributed by atoms with Crippen LogP contribution in [0.1, 0.15) is 47.7 Å².